The lowest BCUT2D eigenvalue weighted by molar-refractivity contribution is -0.145. The number of nitrogens with zero attached hydrogens (tertiary/aromatic N) is 1. The van der Waals surface area contributed by atoms with Gasteiger partial charge < -0.3 is 19.7 Å². The van der Waals surface area contributed by atoms with Gasteiger partial charge in [0.25, 0.3) is 0 Å². The van der Waals surface area contributed by atoms with Gasteiger partial charge in [-0.3, -0.25) is 4.79 Å². The number of rotatable bonds is 8. The molecule has 0 bridgehead atoms. The van der Waals surface area contributed by atoms with Crippen molar-refractivity contribution < 1.29 is 23.9 Å². The maximum Gasteiger partial charge on any atom is 0.410 e. The third kappa shape index (κ3) is 6.57. The SMILES string of the molecule is COC(=O)[C@H](Cc1ccccc1)NC(=O)C[C@H]1CCCN1C(=O)OCc1ccccc1. The van der Waals surface area contributed by atoms with Crippen LogP contribution in [0.25, 0.3) is 0 Å². The highest BCUT2D eigenvalue weighted by molar-refractivity contribution is 5.85. The maximum absolute atomic E-state index is 12.7. The van der Waals surface area contributed by atoms with E-state index in [1.807, 2.05) is 60.7 Å². The van der Waals surface area contributed by atoms with E-state index in [2.05, 4.69) is 5.32 Å². The van der Waals surface area contributed by atoms with Gasteiger partial charge in [-0.2, -0.15) is 0 Å². The number of ether oxygens (including phenoxy) is 2. The number of carbonyl (C=O) groups excluding carboxylic acids is 3. The molecule has 0 aliphatic carbocycles. The van der Waals surface area contributed by atoms with Crippen molar-refractivity contribution in [2.75, 3.05) is 13.7 Å². The van der Waals surface area contributed by atoms with Crippen molar-refractivity contribution in [1.29, 1.82) is 0 Å². The van der Waals surface area contributed by atoms with Crippen LogP contribution in [0, 0.1) is 0 Å². The molecule has 2 atom stereocenters. The van der Waals surface area contributed by atoms with Gasteiger partial charge in [0.15, 0.2) is 0 Å². The predicted octanol–water partition coefficient (Wildman–Crippen LogP) is 3.08. The number of hydrogen-bond donors (Lipinski definition) is 1. The van der Waals surface area contributed by atoms with E-state index in [0.29, 0.717) is 13.0 Å². The van der Waals surface area contributed by atoms with E-state index in [1.165, 1.54) is 7.11 Å². The Bertz CT molecular complexity index is 872. The molecule has 1 saturated heterocycles. The van der Waals surface area contributed by atoms with Gasteiger partial charge in [-0.25, -0.2) is 9.59 Å². The Balaban J connectivity index is 1.54. The zero-order valence-corrected chi connectivity index (χ0v) is 17.7. The number of likely N-dealkylation sites (tertiary alicyclic amines) is 1. The molecule has 0 spiro atoms. The smallest absolute Gasteiger partial charge is 0.410 e. The lowest BCUT2D eigenvalue weighted by atomic mass is 10.1. The van der Waals surface area contributed by atoms with E-state index in [9.17, 15) is 14.4 Å². The fraction of sp³-hybridized carbons (Fsp3) is 0.375. The minimum Gasteiger partial charge on any atom is -0.467 e. The fourth-order valence-electron chi connectivity index (χ4n) is 3.74. The molecule has 7 nitrogen and oxygen atoms in total. The Hall–Kier alpha value is -3.35. The standard InChI is InChI=1S/C24H28N2O5/c1-30-23(28)21(15-18-9-4-2-5-10-18)25-22(27)16-20-13-8-14-26(20)24(29)31-17-19-11-6-3-7-12-19/h2-7,9-12,20-21H,8,13-17H2,1H3,(H,25,27)/t20-,21+/m1/s1. The van der Waals surface area contributed by atoms with Gasteiger partial charge in [-0.1, -0.05) is 60.7 Å². The highest BCUT2D eigenvalue weighted by atomic mass is 16.6. The summed E-state index contributed by atoms with van der Waals surface area (Å²) in [6.45, 7) is 0.743. The number of esters is 1. The number of hydrogen-bond acceptors (Lipinski definition) is 5. The predicted molar refractivity (Wildman–Crippen MR) is 115 cm³/mol. The molecule has 0 aromatic heterocycles. The molecule has 0 unspecified atom stereocenters. The molecule has 1 aliphatic rings. The lowest BCUT2D eigenvalue weighted by Gasteiger charge is -2.24. The summed E-state index contributed by atoms with van der Waals surface area (Å²) < 4.78 is 10.3. The molecule has 1 heterocycles. The van der Waals surface area contributed by atoms with Crippen LogP contribution in [0.15, 0.2) is 60.7 Å². The maximum atomic E-state index is 12.7. The second-order valence-electron chi connectivity index (χ2n) is 7.57. The Morgan fingerprint density at radius 2 is 1.68 bits per heavy atom. The minimum absolute atomic E-state index is 0.114. The number of benzene rings is 2. The third-order valence-corrected chi connectivity index (χ3v) is 5.34. The van der Waals surface area contributed by atoms with Crippen LogP contribution in [0.2, 0.25) is 0 Å². The molecule has 0 saturated carbocycles. The first-order chi connectivity index (χ1) is 15.1. The number of nitrogens with one attached hydrogen (secondary N) is 1. The van der Waals surface area contributed by atoms with Crippen molar-refractivity contribution in [2.45, 2.75) is 44.4 Å². The topological polar surface area (TPSA) is 84.9 Å². The summed E-state index contributed by atoms with van der Waals surface area (Å²) in [5.74, 6) is -0.790. The summed E-state index contributed by atoms with van der Waals surface area (Å²) in [6, 6.07) is 17.9. The Kier molecular flexibility index (Phi) is 8.04. The zero-order valence-electron chi connectivity index (χ0n) is 17.7. The van der Waals surface area contributed by atoms with Crippen LogP contribution in [0.3, 0.4) is 0 Å². The van der Waals surface area contributed by atoms with Crippen LogP contribution in [-0.2, 0) is 32.1 Å². The molecule has 164 valence electrons. The van der Waals surface area contributed by atoms with Crippen molar-refractivity contribution >= 4 is 18.0 Å². The highest BCUT2D eigenvalue weighted by Gasteiger charge is 2.32. The monoisotopic (exact) mass is 424 g/mol. The van der Waals surface area contributed by atoms with Gasteiger partial charge in [0, 0.05) is 25.4 Å². The van der Waals surface area contributed by atoms with Gasteiger partial charge in [0.1, 0.15) is 12.6 Å². The molecule has 0 radical (unpaired) electrons. The molecule has 31 heavy (non-hydrogen) atoms. The Morgan fingerprint density at radius 1 is 1.03 bits per heavy atom. The van der Waals surface area contributed by atoms with E-state index in [4.69, 9.17) is 9.47 Å². The van der Waals surface area contributed by atoms with E-state index < -0.39 is 18.1 Å². The minimum atomic E-state index is -0.778. The van der Waals surface area contributed by atoms with Gasteiger partial charge in [0.2, 0.25) is 5.91 Å². The van der Waals surface area contributed by atoms with Crippen molar-refractivity contribution in [3.8, 4) is 0 Å². The first-order valence-electron chi connectivity index (χ1n) is 10.4. The van der Waals surface area contributed by atoms with Crippen molar-refractivity contribution in [1.82, 2.24) is 10.2 Å². The molecule has 1 fully saturated rings. The number of methoxy groups -OCH3 is 1. The summed E-state index contributed by atoms with van der Waals surface area (Å²) in [5.41, 5.74) is 1.83. The van der Waals surface area contributed by atoms with E-state index in [0.717, 1.165) is 24.0 Å². The Morgan fingerprint density at radius 3 is 2.32 bits per heavy atom. The second-order valence-corrected chi connectivity index (χ2v) is 7.57. The average Bonchev–Trinajstić information content (AvgIpc) is 3.26. The summed E-state index contributed by atoms with van der Waals surface area (Å²) in [7, 11) is 1.30. The van der Waals surface area contributed by atoms with Crippen molar-refractivity contribution in [2.24, 2.45) is 0 Å². The fourth-order valence-corrected chi connectivity index (χ4v) is 3.74. The molecule has 2 aromatic carbocycles. The van der Waals surface area contributed by atoms with Crippen LogP contribution in [0.5, 0.6) is 0 Å². The van der Waals surface area contributed by atoms with E-state index in [1.54, 1.807) is 4.90 Å². The molecular weight excluding hydrogens is 396 g/mol. The normalized spacial score (nSPS) is 16.4. The van der Waals surface area contributed by atoms with Crippen LogP contribution in [0.4, 0.5) is 4.79 Å². The van der Waals surface area contributed by atoms with E-state index >= 15 is 0 Å². The number of carbonyl (C=O) groups is 3. The second kappa shape index (κ2) is 11.2. The Labute approximate surface area is 182 Å². The molecule has 3 rings (SSSR count). The molecular formula is C24H28N2O5. The summed E-state index contributed by atoms with van der Waals surface area (Å²) in [5, 5.41) is 2.77. The summed E-state index contributed by atoms with van der Waals surface area (Å²) in [6.07, 6.45) is 1.56. The summed E-state index contributed by atoms with van der Waals surface area (Å²) in [4.78, 5) is 39.0. The van der Waals surface area contributed by atoms with Gasteiger partial charge in [0.05, 0.1) is 7.11 Å². The molecule has 2 aromatic rings. The highest BCUT2D eigenvalue weighted by Crippen LogP contribution is 2.21. The molecule has 1 N–H and O–H groups in total. The van der Waals surface area contributed by atoms with Gasteiger partial charge >= 0.3 is 12.1 Å². The molecule has 7 heteroatoms. The third-order valence-electron chi connectivity index (χ3n) is 5.34. The number of amides is 2. The largest absolute Gasteiger partial charge is 0.467 e. The van der Waals surface area contributed by atoms with E-state index in [-0.39, 0.29) is 25.0 Å². The van der Waals surface area contributed by atoms with Crippen molar-refractivity contribution in [3.63, 3.8) is 0 Å². The average molecular weight is 424 g/mol. The quantitative estimate of drug-likeness (QED) is 0.659. The van der Waals surface area contributed by atoms with Crippen LogP contribution in [0.1, 0.15) is 30.4 Å². The van der Waals surface area contributed by atoms with Crippen molar-refractivity contribution in [3.05, 3.63) is 71.8 Å². The van der Waals surface area contributed by atoms with Crippen LogP contribution in [-0.4, -0.2) is 48.6 Å². The lowest BCUT2D eigenvalue weighted by Crippen LogP contribution is -2.46. The van der Waals surface area contributed by atoms with Crippen LogP contribution < -0.4 is 5.32 Å². The summed E-state index contributed by atoms with van der Waals surface area (Å²) >= 11 is 0. The van der Waals surface area contributed by atoms with Gasteiger partial charge in [-0.15, -0.1) is 0 Å². The first kappa shape index (κ1) is 22.3. The first-order valence-corrected chi connectivity index (χ1v) is 10.4. The molecule has 1 aliphatic heterocycles. The van der Waals surface area contributed by atoms with Gasteiger partial charge in [-0.05, 0) is 24.0 Å². The molecule has 2 amide bonds. The van der Waals surface area contributed by atoms with Crippen LogP contribution >= 0.6 is 0 Å². The zero-order chi connectivity index (χ0) is 22.1.